The minimum atomic E-state index is -0.770. The van der Waals surface area contributed by atoms with Gasteiger partial charge in [0.15, 0.2) is 0 Å². The molecule has 0 aromatic heterocycles. The predicted molar refractivity (Wildman–Crippen MR) is 66.7 cm³/mol. The van der Waals surface area contributed by atoms with Crippen LogP contribution in [0.4, 0.5) is 5.69 Å². The van der Waals surface area contributed by atoms with Crippen LogP contribution in [0, 0.1) is 6.92 Å². The molecule has 4 nitrogen and oxygen atoms in total. The minimum Gasteiger partial charge on any atom is -0.398 e. The third-order valence-electron chi connectivity index (χ3n) is 3.18. The Hall–Kier alpha value is -1.55. The molecule has 0 spiro atoms. The number of aryl methyl sites for hydroxylation is 1. The predicted octanol–water partition coefficient (Wildman–Crippen LogP) is 1.17. The molecule has 1 aliphatic rings. The molecule has 92 valence electrons. The lowest BCUT2D eigenvalue weighted by Crippen LogP contribution is -2.34. The molecule has 1 atom stereocenters. The Labute approximate surface area is 101 Å². The number of rotatable bonds is 1. The first-order valence-electron chi connectivity index (χ1n) is 5.77. The van der Waals surface area contributed by atoms with Crippen LogP contribution in [0.1, 0.15) is 29.3 Å². The fourth-order valence-corrected chi connectivity index (χ4v) is 2.14. The van der Waals surface area contributed by atoms with Crippen molar-refractivity contribution < 1.29 is 9.90 Å². The van der Waals surface area contributed by atoms with E-state index in [-0.39, 0.29) is 5.91 Å². The summed E-state index contributed by atoms with van der Waals surface area (Å²) >= 11 is 0. The van der Waals surface area contributed by atoms with Crippen molar-refractivity contribution in [1.82, 2.24) is 4.90 Å². The molecular formula is C13H18N2O2. The zero-order valence-corrected chi connectivity index (χ0v) is 10.2. The standard InChI is InChI=1S/C13H18N2O2/c1-9-3-4-11(14)10(7-9)12(16)15-6-5-13(2,17)8-15/h3-4,7,17H,5-6,8,14H2,1-2H3. The maximum absolute atomic E-state index is 12.2. The van der Waals surface area contributed by atoms with Crippen LogP contribution in [0.5, 0.6) is 0 Å². The van der Waals surface area contributed by atoms with E-state index in [9.17, 15) is 9.90 Å². The fourth-order valence-electron chi connectivity index (χ4n) is 2.14. The number of hydrogen-bond donors (Lipinski definition) is 2. The Kier molecular flexibility index (Phi) is 2.83. The first-order chi connectivity index (χ1) is 7.89. The summed E-state index contributed by atoms with van der Waals surface area (Å²) in [6.45, 7) is 4.63. The van der Waals surface area contributed by atoms with E-state index in [2.05, 4.69) is 0 Å². The Morgan fingerprint density at radius 1 is 1.53 bits per heavy atom. The number of likely N-dealkylation sites (tertiary alicyclic amines) is 1. The molecule has 17 heavy (non-hydrogen) atoms. The molecule has 2 rings (SSSR count). The summed E-state index contributed by atoms with van der Waals surface area (Å²) in [5.41, 5.74) is 7.08. The quantitative estimate of drug-likeness (QED) is 0.717. The zero-order valence-electron chi connectivity index (χ0n) is 10.2. The highest BCUT2D eigenvalue weighted by Gasteiger charge is 2.34. The topological polar surface area (TPSA) is 66.6 Å². The van der Waals surface area contributed by atoms with Gasteiger partial charge in [0.1, 0.15) is 0 Å². The second kappa shape index (κ2) is 4.04. The van der Waals surface area contributed by atoms with E-state index in [0.717, 1.165) is 5.56 Å². The van der Waals surface area contributed by atoms with Gasteiger partial charge in [0.25, 0.3) is 5.91 Å². The molecule has 3 N–H and O–H groups in total. The van der Waals surface area contributed by atoms with E-state index in [1.165, 1.54) is 0 Å². The number of β-amino-alcohol motifs (C(OH)–C–C–N with tert-alkyl or cyclic N) is 1. The van der Waals surface area contributed by atoms with Crippen LogP contribution in [0.2, 0.25) is 0 Å². The van der Waals surface area contributed by atoms with Gasteiger partial charge in [-0.1, -0.05) is 11.6 Å². The number of nitrogen functional groups attached to an aromatic ring is 1. The van der Waals surface area contributed by atoms with Gasteiger partial charge in [-0.3, -0.25) is 4.79 Å². The monoisotopic (exact) mass is 234 g/mol. The van der Waals surface area contributed by atoms with Crippen molar-refractivity contribution in [3.05, 3.63) is 29.3 Å². The number of hydrogen-bond acceptors (Lipinski definition) is 3. The van der Waals surface area contributed by atoms with Crippen molar-refractivity contribution in [1.29, 1.82) is 0 Å². The minimum absolute atomic E-state index is 0.0935. The van der Waals surface area contributed by atoms with E-state index in [1.807, 2.05) is 13.0 Å². The van der Waals surface area contributed by atoms with Gasteiger partial charge in [0, 0.05) is 18.8 Å². The fraction of sp³-hybridized carbons (Fsp3) is 0.462. The summed E-state index contributed by atoms with van der Waals surface area (Å²) in [5.74, 6) is -0.0935. The number of nitrogens with zero attached hydrogens (tertiary/aromatic N) is 1. The number of nitrogens with two attached hydrogens (primary N) is 1. The molecule has 4 heteroatoms. The van der Waals surface area contributed by atoms with Crippen LogP contribution in [-0.2, 0) is 0 Å². The highest BCUT2D eigenvalue weighted by molar-refractivity contribution is 5.99. The van der Waals surface area contributed by atoms with Crippen molar-refractivity contribution in [2.75, 3.05) is 18.8 Å². The van der Waals surface area contributed by atoms with Crippen LogP contribution in [0.15, 0.2) is 18.2 Å². The number of anilines is 1. The van der Waals surface area contributed by atoms with Crippen molar-refractivity contribution in [2.45, 2.75) is 25.9 Å². The number of carbonyl (C=O) groups excluding carboxylic acids is 1. The molecule has 1 aromatic rings. The average molecular weight is 234 g/mol. The van der Waals surface area contributed by atoms with Crippen molar-refractivity contribution in [2.24, 2.45) is 0 Å². The summed E-state index contributed by atoms with van der Waals surface area (Å²) in [6.07, 6.45) is 0.616. The van der Waals surface area contributed by atoms with Gasteiger partial charge in [-0.15, -0.1) is 0 Å². The van der Waals surface area contributed by atoms with Crippen molar-refractivity contribution in [3.8, 4) is 0 Å². The molecule has 0 radical (unpaired) electrons. The molecule has 1 saturated heterocycles. The van der Waals surface area contributed by atoms with Crippen LogP contribution in [-0.4, -0.2) is 34.6 Å². The molecular weight excluding hydrogens is 216 g/mol. The van der Waals surface area contributed by atoms with Crippen LogP contribution >= 0.6 is 0 Å². The van der Waals surface area contributed by atoms with E-state index < -0.39 is 5.60 Å². The summed E-state index contributed by atoms with van der Waals surface area (Å²) < 4.78 is 0. The molecule has 1 aromatic carbocycles. The smallest absolute Gasteiger partial charge is 0.256 e. The highest BCUT2D eigenvalue weighted by atomic mass is 16.3. The van der Waals surface area contributed by atoms with Crippen molar-refractivity contribution >= 4 is 11.6 Å². The lowest BCUT2D eigenvalue weighted by molar-refractivity contribution is 0.0572. The van der Waals surface area contributed by atoms with E-state index in [1.54, 1.807) is 24.0 Å². The normalized spacial score (nSPS) is 24.1. The van der Waals surface area contributed by atoms with Gasteiger partial charge in [0.05, 0.1) is 11.2 Å². The molecule has 1 fully saturated rings. The molecule has 1 amide bonds. The molecule has 1 heterocycles. The van der Waals surface area contributed by atoms with E-state index in [4.69, 9.17) is 5.73 Å². The van der Waals surface area contributed by atoms with Crippen LogP contribution < -0.4 is 5.73 Å². The maximum atomic E-state index is 12.2. The summed E-state index contributed by atoms with van der Waals surface area (Å²) in [4.78, 5) is 13.9. The average Bonchev–Trinajstić information content (AvgIpc) is 2.61. The molecule has 0 aliphatic carbocycles. The van der Waals surface area contributed by atoms with Gasteiger partial charge in [0.2, 0.25) is 0 Å². The van der Waals surface area contributed by atoms with Crippen LogP contribution in [0.3, 0.4) is 0 Å². The van der Waals surface area contributed by atoms with E-state index in [0.29, 0.717) is 30.8 Å². The van der Waals surface area contributed by atoms with Gasteiger partial charge in [-0.25, -0.2) is 0 Å². The van der Waals surface area contributed by atoms with E-state index >= 15 is 0 Å². The Balaban J connectivity index is 2.23. The Morgan fingerprint density at radius 3 is 2.82 bits per heavy atom. The van der Waals surface area contributed by atoms with Gasteiger partial charge < -0.3 is 15.7 Å². The summed E-state index contributed by atoms with van der Waals surface area (Å²) in [5, 5.41) is 9.86. The van der Waals surface area contributed by atoms with Gasteiger partial charge in [-0.05, 0) is 32.4 Å². The first-order valence-corrected chi connectivity index (χ1v) is 5.77. The molecule has 0 bridgehead atoms. The lowest BCUT2D eigenvalue weighted by atomic mass is 10.1. The SMILES string of the molecule is Cc1ccc(N)c(C(=O)N2CCC(C)(O)C2)c1. The second-order valence-corrected chi connectivity index (χ2v) is 5.06. The van der Waals surface area contributed by atoms with Gasteiger partial charge >= 0.3 is 0 Å². The molecule has 1 aliphatic heterocycles. The Morgan fingerprint density at radius 2 is 2.24 bits per heavy atom. The Bertz CT molecular complexity index is 455. The first kappa shape index (κ1) is 11.9. The number of aliphatic hydroxyl groups is 1. The molecule has 0 saturated carbocycles. The second-order valence-electron chi connectivity index (χ2n) is 5.06. The maximum Gasteiger partial charge on any atom is 0.256 e. The highest BCUT2D eigenvalue weighted by Crippen LogP contribution is 2.24. The summed E-state index contributed by atoms with van der Waals surface area (Å²) in [7, 11) is 0. The third-order valence-corrected chi connectivity index (χ3v) is 3.18. The van der Waals surface area contributed by atoms with Crippen LogP contribution in [0.25, 0.3) is 0 Å². The van der Waals surface area contributed by atoms with Crippen molar-refractivity contribution in [3.63, 3.8) is 0 Å². The lowest BCUT2D eigenvalue weighted by Gasteiger charge is -2.20. The zero-order chi connectivity index (χ0) is 12.6. The molecule has 1 unspecified atom stereocenters. The summed E-state index contributed by atoms with van der Waals surface area (Å²) in [6, 6.07) is 5.42. The number of amides is 1. The van der Waals surface area contributed by atoms with Gasteiger partial charge in [-0.2, -0.15) is 0 Å². The number of carbonyl (C=O) groups is 1. The largest absolute Gasteiger partial charge is 0.398 e. The number of benzene rings is 1. The third kappa shape index (κ3) is 2.42.